The number of ether oxygens (including phenoxy) is 1. The standard InChI is InChI=1S/C13H18N2O4S/c1-7(16)10-9(11(17)18)15-12(20-10)14-8-4-5-19-13(2,3)6-8/h8H,4-6H2,1-3H3,(H,14,15)(H,17,18). The van der Waals surface area contributed by atoms with E-state index in [0.29, 0.717) is 11.7 Å². The van der Waals surface area contributed by atoms with Gasteiger partial charge in [-0.2, -0.15) is 0 Å². The number of hydrogen-bond donors (Lipinski definition) is 2. The molecule has 1 aromatic heterocycles. The van der Waals surface area contributed by atoms with Gasteiger partial charge in [-0.05, 0) is 26.7 Å². The molecule has 1 unspecified atom stereocenters. The molecule has 1 saturated heterocycles. The number of nitrogens with one attached hydrogen (secondary N) is 1. The SMILES string of the molecule is CC(=O)c1sc(NC2CCOC(C)(C)C2)nc1C(=O)O. The Hall–Kier alpha value is -1.47. The molecular weight excluding hydrogens is 280 g/mol. The lowest BCUT2D eigenvalue weighted by atomic mass is 9.94. The maximum absolute atomic E-state index is 11.4. The van der Waals surface area contributed by atoms with Crippen LogP contribution in [0.1, 0.15) is 53.8 Å². The van der Waals surface area contributed by atoms with E-state index >= 15 is 0 Å². The summed E-state index contributed by atoms with van der Waals surface area (Å²) >= 11 is 1.10. The first-order valence-electron chi connectivity index (χ1n) is 6.44. The lowest BCUT2D eigenvalue weighted by Gasteiger charge is -2.35. The number of carboxylic acids is 1. The van der Waals surface area contributed by atoms with Crippen molar-refractivity contribution in [1.82, 2.24) is 4.98 Å². The van der Waals surface area contributed by atoms with Crippen LogP contribution in [0.3, 0.4) is 0 Å². The molecule has 2 heterocycles. The van der Waals surface area contributed by atoms with Crippen LogP contribution in [-0.2, 0) is 4.74 Å². The molecule has 110 valence electrons. The molecule has 0 aromatic carbocycles. The average molecular weight is 298 g/mol. The van der Waals surface area contributed by atoms with Crippen molar-refractivity contribution in [1.29, 1.82) is 0 Å². The Morgan fingerprint density at radius 2 is 2.20 bits per heavy atom. The zero-order chi connectivity index (χ0) is 14.9. The number of carbonyl (C=O) groups excluding carboxylic acids is 1. The number of ketones is 1. The molecule has 0 spiro atoms. The third kappa shape index (κ3) is 3.34. The Bertz CT molecular complexity index is 507. The van der Waals surface area contributed by atoms with Crippen LogP contribution in [0, 0.1) is 0 Å². The zero-order valence-corrected chi connectivity index (χ0v) is 12.5. The summed E-state index contributed by atoms with van der Waals surface area (Å²) in [6, 6.07) is 0.173. The van der Waals surface area contributed by atoms with Crippen molar-refractivity contribution < 1.29 is 19.4 Å². The second-order valence-corrected chi connectivity index (χ2v) is 6.50. The molecule has 7 heteroatoms. The van der Waals surface area contributed by atoms with Crippen molar-refractivity contribution >= 4 is 28.2 Å². The molecule has 2 rings (SSSR count). The Morgan fingerprint density at radius 1 is 1.50 bits per heavy atom. The van der Waals surface area contributed by atoms with Gasteiger partial charge in [0.05, 0.1) is 5.60 Å². The summed E-state index contributed by atoms with van der Waals surface area (Å²) in [5.74, 6) is -1.45. The predicted octanol–water partition coefficient (Wildman–Crippen LogP) is 2.41. The van der Waals surface area contributed by atoms with E-state index < -0.39 is 5.97 Å². The van der Waals surface area contributed by atoms with Crippen LogP contribution in [0.5, 0.6) is 0 Å². The first kappa shape index (κ1) is 14.9. The highest BCUT2D eigenvalue weighted by atomic mass is 32.1. The minimum atomic E-state index is -1.17. The van der Waals surface area contributed by atoms with Gasteiger partial charge < -0.3 is 15.2 Å². The van der Waals surface area contributed by atoms with Gasteiger partial charge in [-0.25, -0.2) is 9.78 Å². The first-order chi connectivity index (χ1) is 9.28. The number of aromatic nitrogens is 1. The molecule has 1 aromatic rings. The molecule has 2 N–H and O–H groups in total. The average Bonchev–Trinajstić information content (AvgIpc) is 2.71. The summed E-state index contributed by atoms with van der Waals surface area (Å²) in [4.78, 5) is 26.7. The van der Waals surface area contributed by atoms with Crippen LogP contribution in [-0.4, -0.2) is 40.1 Å². The molecule has 0 amide bonds. The number of Topliss-reactive ketones (excluding diaryl/α,β-unsaturated/α-hetero) is 1. The number of carboxylic acid groups (broad SMARTS) is 1. The zero-order valence-electron chi connectivity index (χ0n) is 11.7. The van der Waals surface area contributed by atoms with Gasteiger partial charge in [-0.1, -0.05) is 11.3 Å². The summed E-state index contributed by atoms with van der Waals surface area (Å²) in [6.45, 7) is 6.04. The molecule has 0 aliphatic carbocycles. The van der Waals surface area contributed by atoms with E-state index in [1.807, 2.05) is 13.8 Å². The predicted molar refractivity (Wildman–Crippen MR) is 75.8 cm³/mol. The van der Waals surface area contributed by atoms with Crippen molar-refractivity contribution in [3.05, 3.63) is 10.6 Å². The molecule has 0 saturated carbocycles. The molecule has 1 aliphatic heterocycles. The third-order valence-electron chi connectivity index (χ3n) is 3.17. The minimum Gasteiger partial charge on any atom is -0.476 e. The topological polar surface area (TPSA) is 88.5 Å². The van der Waals surface area contributed by atoms with Gasteiger partial charge in [0.1, 0.15) is 4.88 Å². The second-order valence-electron chi connectivity index (χ2n) is 5.50. The lowest BCUT2D eigenvalue weighted by molar-refractivity contribution is -0.0553. The number of nitrogens with zero attached hydrogens (tertiary/aromatic N) is 1. The van der Waals surface area contributed by atoms with Crippen LogP contribution in [0.15, 0.2) is 0 Å². The van der Waals surface area contributed by atoms with E-state index in [4.69, 9.17) is 9.84 Å². The summed E-state index contributed by atoms with van der Waals surface area (Å²) in [5.41, 5.74) is -0.372. The smallest absolute Gasteiger partial charge is 0.356 e. The Balaban J connectivity index is 2.16. The minimum absolute atomic E-state index is 0.170. The van der Waals surface area contributed by atoms with Crippen molar-refractivity contribution in [3.63, 3.8) is 0 Å². The van der Waals surface area contributed by atoms with E-state index in [9.17, 15) is 9.59 Å². The van der Waals surface area contributed by atoms with Crippen LogP contribution < -0.4 is 5.32 Å². The fraction of sp³-hybridized carbons (Fsp3) is 0.615. The first-order valence-corrected chi connectivity index (χ1v) is 7.26. The van der Waals surface area contributed by atoms with E-state index in [0.717, 1.165) is 24.2 Å². The maximum Gasteiger partial charge on any atom is 0.356 e. The number of thiazole rings is 1. The fourth-order valence-corrected chi connectivity index (χ4v) is 3.22. The molecule has 6 nitrogen and oxygen atoms in total. The fourth-order valence-electron chi connectivity index (χ4n) is 2.30. The van der Waals surface area contributed by atoms with Gasteiger partial charge in [0.25, 0.3) is 0 Å². The van der Waals surface area contributed by atoms with E-state index in [2.05, 4.69) is 10.3 Å². The van der Waals surface area contributed by atoms with Crippen LogP contribution in [0.2, 0.25) is 0 Å². The molecule has 0 radical (unpaired) electrons. The lowest BCUT2D eigenvalue weighted by Crippen LogP contribution is -2.40. The van der Waals surface area contributed by atoms with Gasteiger partial charge >= 0.3 is 5.97 Å². The number of anilines is 1. The number of hydrogen-bond acceptors (Lipinski definition) is 6. The summed E-state index contributed by atoms with van der Waals surface area (Å²) in [5, 5.41) is 12.8. The van der Waals surface area contributed by atoms with Crippen molar-refractivity contribution in [2.24, 2.45) is 0 Å². The molecular formula is C13H18N2O4S. The van der Waals surface area contributed by atoms with Gasteiger partial charge in [0, 0.05) is 19.6 Å². The normalized spacial score (nSPS) is 21.4. The Kier molecular flexibility index (Phi) is 4.10. The molecule has 1 fully saturated rings. The molecule has 0 bridgehead atoms. The summed E-state index contributed by atoms with van der Waals surface area (Å²) in [7, 11) is 0. The van der Waals surface area contributed by atoms with Crippen molar-refractivity contribution in [2.75, 3.05) is 11.9 Å². The summed E-state index contributed by atoms with van der Waals surface area (Å²) in [6.07, 6.45) is 1.64. The monoisotopic (exact) mass is 298 g/mol. The number of aromatic carboxylic acids is 1. The highest BCUT2D eigenvalue weighted by molar-refractivity contribution is 7.17. The van der Waals surface area contributed by atoms with Gasteiger partial charge in [-0.15, -0.1) is 0 Å². The molecule has 1 atom stereocenters. The molecule has 1 aliphatic rings. The maximum atomic E-state index is 11.4. The van der Waals surface area contributed by atoms with Gasteiger partial charge in [0.15, 0.2) is 16.6 Å². The quantitative estimate of drug-likeness (QED) is 0.830. The second kappa shape index (κ2) is 5.49. The van der Waals surface area contributed by atoms with Crippen LogP contribution in [0.25, 0.3) is 0 Å². The molecule has 20 heavy (non-hydrogen) atoms. The van der Waals surface area contributed by atoms with E-state index in [1.165, 1.54) is 6.92 Å². The van der Waals surface area contributed by atoms with Crippen molar-refractivity contribution in [3.8, 4) is 0 Å². The van der Waals surface area contributed by atoms with Crippen molar-refractivity contribution in [2.45, 2.75) is 45.3 Å². The largest absolute Gasteiger partial charge is 0.476 e. The number of carbonyl (C=O) groups is 2. The van der Waals surface area contributed by atoms with Gasteiger partial charge in [-0.3, -0.25) is 4.79 Å². The Labute approximate surface area is 121 Å². The highest BCUT2D eigenvalue weighted by Crippen LogP contribution is 2.29. The Morgan fingerprint density at radius 3 is 2.70 bits per heavy atom. The number of rotatable bonds is 4. The van der Waals surface area contributed by atoms with E-state index in [-0.39, 0.29) is 28.0 Å². The van der Waals surface area contributed by atoms with Crippen LogP contribution >= 0.6 is 11.3 Å². The van der Waals surface area contributed by atoms with Crippen LogP contribution in [0.4, 0.5) is 5.13 Å². The third-order valence-corrected chi connectivity index (χ3v) is 4.26. The highest BCUT2D eigenvalue weighted by Gasteiger charge is 2.30. The van der Waals surface area contributed by atoms with E-state index in [1.54, 1.807) is 0 Å². The summed E-state index contributed by atoms with van der Waals surface area (Å²) < 4.78 is 5.63. The van der Waals surface area contributed by atoms with Gasteiger partial charge in [0.2, 0.25) is 0 Å².